The molecule has 2 nitrogen and oxygen atoms in total. The van der Waals surface area contributed by atoms with Crippen LogP contribution >= 0.6 is 0 Å². The van der Waals surface area contributed by atoms with Gasteiger partial charge in [-0.25, -0.2) is 0 Å². The number of rotatable bonds is 3. The average molecular weight is 348 g/mol. The molecule has 0 amide bonds. The molecule has 0 bridgehead atoms. The van der Waals surface area contributed by atoms with Crippen LogP contribution in [0.4, 0.5) is 11.4 Å². The zero-order chi connectivity index (χ0) is 18.1. The van der Waals surface area contributed by atoms with Crippen molar-refractivity contribution >= 4 is 28.4 Å². The topological polar surface area (TPSA) is 17.0 Å². The van der Waals surface area contributed by atoms with Crippen LogP contribution in [0.2, 0.25) is 0 Å². The highest BCUT2D eigenvalue weighted by molar-refractivity contribution is 5.95. The van der Waals surface area contributed by atoms with Crippen LogP contribution in [-0.2, 0) is 6.42 Å². The van der Waals surface area contributed by atoms with Crippen LogP contribution in [0.3, 0.4) is 0 Å². The van der Waals surface area contributed by atoms with Gasteiger partial charge in [0.2, 0.25) is 0 Å². The van der Waals surface area contributed by atoms with E-state index in [9.17, 15) is 0 Å². The van der Waals surface area contributed by atoms with Crippen molar-refractivity contribution in [1.29, 1.82) is 0 Å². The summed E-state index contributed by atoms with van der Waals surface area (Å²) < 4.78 is 2.39. The molecule has 0 radical (unpaired) electrons. The summed E-state index contributed by atoms with van der Waals surface area (Å²) in [5.41, 5.74) is 7.28. The Bertz CT molecular complexity index is 1150. The number of nitrogens with zero attached hydrogens (tertiary/aromatic N) is 1. The average Bonchev–Trinajstić information content (AvgIpc) is 2.86. The second-order valence-electron chi connectivity index (χ2n) is 6.75. The molecule has 3 aromatic carbocycles. The highest BCUT2D eigenvalue weighted by atomic mass is 15.0. The van der Waals surface area contributed by atoms with Crippen molar-refractivity contribution in [3.63, 3.8) is 0 Å². The second-order valence-corrected chi connectivity index (χ2v) is 6.75. The lowest BCUT2D eigenvalue weighted by molar-refractivity contribution is 1.00. The Labute approximate surface area is 159 Å². The lowest BCUT2D eigenvalue weighted by atomic mass is 10.1. The summed E-state index contributed by atoms with van der Waals surface area (Å²) in [5.74, 6) is 0. The Hall–Kier alpha value is -3.52. The fourth-order valence-electron chi connectivity index (χ4n) is 3.80. The number of para-hydroxylation sites is 2. The maximum atomic E-state index is 3.52. The van der Waals surface area contributed by atoms with Crippen LogP contribution in [0, 0.1) is 0 Å². The summed E-state index contributed by atoms with van der Waals surface area (Å²) in [5, 5.41) is 4.79. The SMILES string of the molecule is C1=CCc2c(c3cc(Nc4ccccc4)ccc3n2-c2ccccc2)C=C1. The summed E-state index contributed by atoms with van der Waals surface area (Å²) >= 11 is 0. The normalized spacial score (nSPS) is 12.7. The largest absolute Gasteiger partial charge is 0.356 e. The third-order valence-corrected chi connectivity index (χ3v) is 5.01. The molecule has 0 fully saturated rings. The Kier molecular flexibility index (Phi) is 3.87. The van der Waals surface area contributed by atoms with E-state index in [0.717, 1.165) is 17.8 Å². The number of aromatic nitrogens is 1. The van der Waals surface area contributed by atoms with Crippen molar-refractivity contribution in [3.8, 4) is 5.69 Å². The van der Waals surface area contributed by atoms with Gasteiger partial charge in [-0.2, -0.15) is 0 Å². The maximum Gasteiger partial charge on any atom is 0.0539 e. The van der Waals surface area contributed by atoms with Gasteiger partial charge in [-0.3, -0.25) is 0 Å². The molecule has 1 aliphatic rings. The van der Waals surface area contributed by atoms with Gasteiger partial charge in [0, 0.05) is 40.1 Å². The zero-order valence-corrected chi connectivity index (χ0v) is 15.0. The van der Waals surface area contributed by atoms with E-state index in [1.807, 2.05) is 18.2 Å². The predicted molar refractivity (Wildman–Crippen MR) is 115 cm³/mol. The number of fused-ring (bicyclic) bond motifs is 3. The number of anilines is 2. The fraction of sp³-hybridized carbons (Fsp3) is 0.0400. The van der Waals surface area contributed by atoms with Crippen molar-refractivity contribution < 1.29 is 0 Å². The van der Waals surface area contributed by atoms with E-state index in [2.05, 4.69) is 94.9 Å². The Balaban J connectivity index is 1.70. The van der Waals surface area contributed by atoms with Crippen LogP contribution in [0.1, 0.15) is 11.3 Å². The quantitative estimate of drug-likeness (QED) is 0.447. The molecule has 1 aromatic heterocycles. The highest BCUT2D eigenvalue weighted by Crippen LogP contribution is 2.34. The lowest BCUT2D eigenvalue weighted by Gasteiger charge is -2.11. The first kappa shape index (κ1) is 15.7. The Morgan fingerprint density at radius 3 is 2.33 bits per heavy atom. The van der Waals surface area contributed by atoms with Crippen molar-refractivity contribution in [2.75, 3.05) is 5.32 Å². The monoisotopic (exact) mass is 348 g/mol. The summed E-state index contributed by atoms with van der Waals surface area (Å²) in [4.78, 5) is 0. The van der Waals surface area contributed by atoms with Crippen LogP contribution in [-0.4, -0.2) is 4.57 Å². The van der Waals surface area contributed by atoms with E-state index in [4.69, 9.17) is 0 Å². The molecule has 27 heavy (non-hydrogen) atoms. The number of benzene rings is 3. The van der Waals surface area contributed by atoms with Crippen LogP contribution < -0.4 is 5.32 Å². The van der Waals surface area contributed by atoms with Gasteiger partial charge >= 0.3 is 0 Å². The predicted octanol–water partition coefficient (Wildman–Crippen LogP) is 6.50. The lowest BCUT2D eigenvalue weighted by Crippen LogP contribution is -1.99. The van der Waals surface area contributed by atoms with E-state index < -0.39 is 0 Å². The number of hydrogen-bond acceptors (Lipinski definition) is 1. The first-order chi connectivity index (χ1) is 13.4. The maximum absolute atomic E-state index is 3.52. The summed E-state index contributed by atoms with van der Waals surface area (Å²) in [6.07, 6.45) is 9.65. The van der Waals surface area contributed by atoms with E-state index in [1.54, 1.807) is 0 Å². The molecular weight excluding hydrogens is 328 g/mol. The standard InChI is InChI=1S/C25H20N2/c1-4-10-19(11-5-1)26-20-16-17-25-23(18-20)22-14-8-3-9-15-24(22)27(25)21-12-6-2-7-13-21/h1-14,16-18,26H,15H2. The second kappa shape index (κ2) is 6.65. The molecule has 0 atom stereocenters. The summed E-state index contributed by atoms with van der Waals surface area (Å²) in [6.45, 7) is 0. The first-order valence-corrected chi connectivity index (χ1v) is 9.28. The zero-order valence-electron chi connectivity index (χ0n) is 15.0. The number of hydrogen-bond donors (Lipinski definition) is 1. The molecule has 0 saturated carbocycles. The van der Waals surface area contributed by atoms with Crippen LogP contribution in [0.15, 0.2) is 97.1 Å². The van der Waals surface area contributed by atoms with E-state index in [-0.39, 0.29) is 0 Å². The van der Waals surface area contributed by atoms with Crippen molar-refractivity contribution in [3.05, 3.63) is 108 Å². The molecule has 1 aliphatic carbocycles. The van der Waals surface area contributed by atoms with Crippen molar-refractivity contribution in [2.24, 2.45) is 0 Å². The molecule has 5 rings (SSSR count). The highest BCUT2D eigenvalue weighted by Gasteiger charge is 2.17. The first-order valence-electron chi connectivity index (χ1n) is 9.28. The molecule has 0 saturated heterocycles. The van der Waals surface area contributed by atoms with Gasteiger partial charge in [0.15, 0.2) is 0 Å². The van der Waals surface area contributed by atoms with E-state index >= 15 is 0 Å². The van der Waals surface area contributed by atoms with E-state index in [1.165, 1.54) is 27.8 Å². The van der Waals surface area contributed by atoms with Crippen molar-refractivity contribution in [1.82, 2.24) is 4.57 Å². The van der Waals surface area contributed by atoms with Crippen LogP contribution in [0.5, 0.6) is 0 Å². The third-order valence-electron chi connectivity index (χ3n) is 5.01. The Morgan fingerprint density at radius 2 is 1.52 bits per heavy atom. The molecule has 4 aromatic rings. The number of allylic oxidation sites excluding steroid dienone is 3. The third kappa shape index (κ3) is 2.85. The molecule has 1 N–H and O–H groups in total. The van der Waals surface area contributed by atoms with Crippen LogP contribution in [0.25, 0.3) is 22.7 Å². The van der Waals surface area contributed by atoms with Gasteiger partial charge in [0.1, 0.15) is 0 Å². The molecule has 0 unspecified atom stereocenters. The minimum absolute atomic E-state index is 0.924. The molecule has 0 aliphatic heterocycles. The molecule has 2 heteroatoms. The summed E-state index contributed by atoms with van der Waals surface area (Å²) in [6, 6.07) is 27.6. The van der Waals surface area contributed by atoms with Gasteiger partial charge in [0.05, 0.1) is 5.52 Å². The Morgan fingerprint density at radius 1 is 0.741 bits per heavy atom. The molecular formula is C25H20N2. The minimum Gasteiger partial charge on any atom is -0.356 e. The van der Waals surface area contributed by atoms with E-state index in [0.29, 0.717) is 0 Å². The molecule has 0 spiro atoms. The molecule has 1 heterocycles. The smallest absolute Gasteiger partial charge is 0.0539 e. The minimum atomic E-state index is 0.924. The van der Waals surface area contributed by atoms with Gasteiger partial charge in [-0.05, 0) is 42.5 Å². The number of nitrogens with one attached hydrogen (secondary N) is 1. The molecule has 130 valence electrons. The summed E-state index contributed by atoms with van der Waals surface area (Å²) in [7, 11) is 0. The van der Waals surface area contributed by atoms with Gasteiger partial charge in [-0.1, -0.05) is 60.7 Å². The van der Waals surface area contributed by atoms with Gasteiger partial charge < -0.3 is 9.88 Å². The fourth-order valence-corrected chi connectivity index (χ4v) is 3.80. The van der Waals surface area contributed by atoms with Gasteiger partial charge in [-0.15, -0.1) is 0 Å². The van der Waals surface area contributed by atoms with Crippen molar-refractivity contribution in [2.45, 2.75) is 6.42 Å². The van der Waals surface area contributed by atoms with Gasteiger partial charge in [0.25, 0.3) is 0 Å².